The Kier molecular flexibility index (Phi) is 3.61. The van der Waals surface area contributed by atoms with Crippen LogP contribution in [0.5, 0.6) is 0 Å². The van der Waals surface area contributed by atoms with Gasteiger partial charge in [0, 0.05) is 13.6 Å². The topological polar surface area (TPSA) is 109 Å². The second-order valence-corrected chi connectivity index (χ2v) is 2.68. The largest absolute Gasteiger partial charge is 0.476 e. The molecule has 0 fully saturated rings. The van der Waals surface area contributed by atoms with Crippen molar-refractivity contribution in [2.75, 3.05) is 13.6 Å². The van der Waals surface area contributed by atoms with E-state index in [1.807, 2.05) is 0 Å². The first-order valence-corrected chi connectivity index (χ1v) is 4.22. The summed E-state index contributed by atoms with van der Waals surface area (Å²) in [7, 11) is 1.51. The van der Waals surface area contributed by atoms with E-state index in [1.165, 1.54) is 17.9 Å². The lowest BCUT2D eigenvalue weighted by Gasteiger charge is -2.02. The molecule has 0 saturated heterocycles. The van der Waals surface area contributed by atoms with Gasteiger partial charge in [0.15, 0.2) is 5.69 Å². The molecule has 1 aromatic heterocycles. The SMILES string of the molecule is CNC(=O)NCCn1cc(C(=O)O)nn1. The summed E-state index contributed by atoms with van der Waals surface area (Å²) >= 11 is 0. The van der Waals surface area contributed by atoms with Crippen molar-refractivity contribution < 1.29 is 14.7 Å². The van der Waals surface area contributed by atoms with Crippen LogP contribution >= 0.6 is 0 Å². The van der Waals surface area contributed by atoms with Gasteiger partial charge in [-0.1, -0.05) is 5.21 Å². The van der Waals surface area contributed by atoms with Crippen LogP contribution in [0.1, 0.15) is 10.5 Å². The highest BCUT2D eigenvalue weighted by Gasteiger charge is 2.07. The molecule has 0 spiro atoms. The van der Waals surface area contributed by atoms with Crippen molar-refractivity contribution in [1.29, 1.82) is 0 Å². The van der Waals surface area contributed by atoms with Gasteiger partial charge < -0.3 is 15.7 Å². The quantitative estimate of drug-likeness (QED) is 0.588. The average Bonchev–Trinajstić information content (AvgIpc) is 2.66. The molecule has 0 unspecified atom stereocenters. The zero-order valence-corrected chi connectivity index (χ0v) is 8.10. The first kappa shape index (κ1) is 11.0. The van der Waals surface area contributed by atoms with Crippen LogP contribution in [0.15, 0.2) is 6.20 Å². The molecule has 0 aliphatic heterocycles. The molecule has 1 heterocycles. The van der Waals surface area contributed by atoms with Gasteiger partial charge in [-0.05, 0) is 0 Å². The summed E-state index contributed by atoms with van der Waals surface area (Å²) in [5.74, 6) is -1.12. The summed E-state index contributed by atoms with van der Waals surface area (Å²) in [4.78, 5) is 21.2. The Bertz CT molecular complexity index is 361. The van der Waals surface area contributed by atoms with E-state index in [-0.39, 0.29) is 11.7 Å². The summed E-state index contributed by atoms with van der Waals surface area (Å²) in [6.07, 6.45) is 1.30. The molecule has 8 nitrogen and oxygen atoms in total. The molecule has 0 aromatic carbocycles. The van der Waals surface area contributed by atoms with E-state index in [0.29, 0.717) is 13.1 Å². The molecule has 0 aliphatic carbocycles. The number of urea groups is 1. The van der Waals surface area contributed by atoms with Gasteiger partial charge >= 0.3 is 12.0 Å². The maximum atomic E-state index is 10.8. The number of aromatic carboxylic acids is 1. The summed E-state index contributed by atoms with van der Waals surface area (Å²) in [6.45, 7) is 0.718. The van der Waals surface area contributed by atoms with E-state index >= 15 is 0 Å². The summed E-state index contributed by atoms with van der Waals surface area (Å²) in [5, 5.41) is 20.5. The van der Waals surface area contributed by atoms with E-state index in [4.69, 9.17) is 5.11 Å². The minimum absolute atomic E-state index is 0.116. The molecule has 8 heteroatoms. The average molecular weight is 213 g/mol. The van der Waals surface area contributed by atoms with Crippen LogP contribution < -0.4 is 10.6 Å². The molecular formula is C7H11N5O3. The maximum absolute atomic E-state index is 10.8. The lowest BCUT2D eigenvalue weighted by Crippen LogP contribution is -2.34. The lowest BCUT2D eigenvalue weighted by molar-refractivity contribution is 0.0690. The number of nitrogens with zero attached hydrogens (tertiary/aromatic N) is 3. The lowest BCUT2D eigenvalue weighted by atomic mass is 10.5. The van der Waals surface area contributed by atoms with Gasteiger partial charge in [-0.15, -0.1) is 5.10 Å². The number of carbonyl (C=O) groups excluding carboxylic acids is 1. The predicted molar refractivity (Wildman–Crippen MR) is 49.4 cm³/mol. The van der Waals surface area contributed by atoms with Crippen molar-refractivity contribution in [3.05, 3.63) is 11.9 Å². The Morgan fingerprint density at radius 3 is 2.87 bits per heavy atom. The summed E-state index contributed by atoms with van der Waals surface area (Å²) in [6, 6.07) is -0.298. The number of hydrogen-bond acceptors (Lipinski definition) is 4. The van der Waals surface area contributed by atoms with Crippen molar-refractivity contribution in [1.82, 2.24) is 25.6 Å². The molecule has 82 valence electrons. The monoisotopic (exact) mass is 213 g/mol. The summed E-state index contributed by atoms with van der Waals surface area (Å²) in [5.41, 5.74) is -0.116. The highest BCUT2D eigenvalue weighted by Crippen LogP contribution is 1.91. The van der Waals surface area contributed by atoms with E-state index in [9.17, 15) is 9.59 Å². The van der Waals surface area contributed by atoms with Crippen LogP contribution in [0.25, 0.3) is 0 Å². The van der Waals surface area contributed by atoms with E-state index < -0.39 is 5.97 Å². The minimum atomic E-state index is -1.12. The zero-order chi connectivity index (χ0) is 11.3. The number of rotatable bonds is 4. The summed E-state index contributed by atoms with van der Waals surface area (Å²) < 4.78 is 1.35. The fourth-order valence-corrected chi connectivity index (χ4v) is 0.878. The third-order valence-corrected chi connectivity index (χ3v) is 1.61. The number of aromatic nitrogens is 3. The normalized spacial score (nSPS) is 9.67. The van der Waals surface area contributed by atoms with Gasteiger partial charge in [-0.3, -0.25) is 0 Å². The minimum Gasteiger partial charge on any atom is -0.476 e. The number of carboxylic acids is 1. The highest BCUT2D eigenvalue weighted by atomic mass is 16.4. The predicted octanol–water partition coefficient (Wildman–Crippen LogP) is -1.09. The standard InChI is InChI=1S/C7H11N5O3/c1-8-7(15)9-2-3-12-4-5(6(13)14)10-11-12/h4H,2-3H2,1H3,(H,13,14)(H2,8,9,15). The van der Waals surface area contributed by atoms with Gasteiger partial charge in [-0.2, -0.15) is 0 Å². The van der Waals surface area contributed by atoms with Crippen molar-refractivity contribution >= 4 is 12.0 Å². The molecule has 1 aromatic rings. The Hall–Kier alpha value is -2.12. The third kappa shape index (κ3) is 3.25. The van der Waals surface area contributed by atoms with Gasteiger partial charge in [0.2, 0.25) is 0 Å². The van der Waals surface area contributed by atoms with E-state index in [0.717, 1.165) is 0 Å². The van der Waals surface area contributed by atoms with Crippen molar-refractivity contribution in [3.63, 3.8) is 0 Å². The molecule has 0 saturated carbocycles. The molecule has 1 rings (SSSR count). The Morgan fingerprint density at radius 1 is 1.60 bits per heavy atom. The molecule has 15 heavy (non-hydrogen) atoms. The second kappa shape index (κ2) is 4.94. The van der Waals surface area contributed by atoms with Crippen LogP contribution in [0, 0.1) is 0 Å². The van der Waals surface area contributed by atoms with Gasteiger partial charge in [0.25, 0.3) is 0 Å². The number of hydrogen-bond donors (Lipinski definition) is 3. The molecule has 2 amide bonds. The number of nitrogens with one attached hydrogen (secondary N) is 2. The van der Waals surface area contributed by atoms with E-state index in [2.05, 4.69) is 20.9 Å². The van der Waals surface area contributed by atoms with Crippen molar-refractivity contribution in [2.45, 2.75) is 6.54 Å². The van der Waals surface area contributed by atoms with Crippen LogP contribution in [-0.2, 0) is 6.54 Å². The Balaban J connectivity index is 2.38. The van der Waals surface area contributed by atoms with Crippen LogP contribution in [0.2, 0.25) is 0 Å². The molecule has 0 radical (unpaired) electrons. The molecule has 0 atom stereocenters. The fourth-order valence-electron chi connectivity index (χ4n) is 0.878. The first-order chi connectivity index (χ1) is 7.13. The maximum Gasteiger partial charge on any atom is 0.358 e. The first-order valence-electron chi connectivity index (χ1n) is 4.22. The smallest absolute Gasteiger partial charge is 0.358 e. The number of amides is 2. The van der Waals surface area contributed by atoms with Gasteiger partial charge in [0.05, 0.1) is 12.7 Å². The van der Waals surface area contributed by atoms with Crippen LogP contribution in [0.3, 0.4) is 0 Å². The molecule has 0 bridgehead atoms. The number of carboxylic acid groups (broad SMARTS) is 1. The second-order valence-electron chi connectivity index (χ2n) is 2.68. The number of carbonyl (C=O) groups is 2. The van der Waals surface area contributed by atoms with Gasteiger partial charge in [0.1, 0.15) is 0 Å². The van der Waals surface area contributed by atoms with Gasteiger partial charge in [-0.25, -0.2) is 14.3 Å². The van der Waals surface area contributed by atoms with Crippen LogP contribution in [-0.4, -0.2) is 45.7 Å². The molecule has 0 aliphatic rings. The Labute approximate surface area is 85.3 Å². The zero-order valence-electron chi connectivity index (χ0n) is 8.10. The Morgan fingerprint density at radius 2 is 2.33 bits per heavy atom. The molecular weight excluding hydrogens is 202 g/mol. The van der Waals surface area contributed by atoms with Crippen molar-refractivity contribution in [3.8, 4) is 0 Å². The third-order valence-electron chi connectivity index (χ3n) is 1.61. The van der Waals surface area contributed by atoms with Crippen LogP contribution in [0.4, 0.5) is 4.79 Å². The highest BCUT2D eigenvalue weighted by molar-refractivity contribution is 5.84. The fraction of sp³-hybridized carbons (Fsp3) is 0.429. The van der Waals surface area contributed by atoms with E-state index in [1.54, 1.807) is 0 Å². The van der Waals surface area contributed by atoms with Crippen molar-refractivity contribution in [2.24, 2.45) is 0 Å². The molecule has 3 N–H and O–H groups in total.